The van der Waals surface area contributed by atoms with Gasteiger partial charge in [0.05, 0.1) is 4.92 Å². The van der Waals surface area contributed by atoms with Gasteiger partial charge in [-0.1, -0.05) is 23.7 Å². The van der Waals surface area contributed by atoms with E-state index < -0.39 is 20.4 Å². The summed E-state index contributed by atoms with van der Waals surface area (Å²) in [4.78, 5) is 15.0. The topological polar surface area (TPSA) is 95.8 Å². The second-order valence-corrected chi connectivity index (χ2v) is 9.34. The molecular weight excluding hydrogens is 416 g/mol. The summed E-state index contributed by atoms with van der Waals surface area (Å²) in [5.41, 5.74) is 0.916. The van der Waals surface area contributed by atoms with E-state index in [1.165, 1.54) is 18.2 Å². The Hall–Kier alpha value is -2.36. The fourth-order valence-electron chi connectivity index (χ4n) is 3.40. The molecule has 0 spiro atoms. The zero-order valence-corrected chi connectivity index (χ0v) is 17.6. The summed E-state index contributed by atoms with van der Waals surface area (Å²) in [7, 11) is -3.69. The van der Waals surface area contributed by atoms with Crippen LogP contribution >= 0.6 is 11.6 Å². The second kappa shape index (κ2) is 8.98. The number of anilines is 2. The largest absolute Gasteiger partial charge is 0.378 e. The molecule has 2 aromatic rings. The van der Waals surface area contributed by atoms with Gasteiger partial charge in [0.1, 0.15) is 10.6 Å². The van der Waals surface area contributed by atoms with Crippen molar-refractivity contribution in [3.63, 3.8) is 0 Å². The van der Waals surface area contributed by atoms with Crippen molar-refractivity contribution < 1.29 is 13.3 Å². The molecule has 0 unspecified atom stereocenters. The van der Waals surface area contributed by atoms with Gasteiger partial charge in [-0.2, -0.15) is 0 Å². The Bertz CT molecular complexity index is 991. The number of rotatable bonds is 7. The normalized spacial score (nSPS) is 15.3. The molecule has 0 bridgehead atoms. The third-order valence-electron chi connectivity index (χ3n) is 4.87. The van der Waals surface area contributed by atoms with Crippen LogP contribution in [0.3, 0.4) is 0 Å². The summed E-state index contributed by atoms with van der Waals surface area (Å²) >= 11 is 6.06. The minimum atomic E-state index is -3.69. The van der Waals surface area contributed by atoms with Crippen molar-refractivity contribution in [3.8, 4) is 0 Å². The Morgan fingerprint density at radius 3 is 2.45 bits per heavy atom. The van der Waals surface area contributed by atoms with Crippen molar-refractivity contribution in [1.29, 1.82) is 0 Å². The molecule has 0 aromatic heterocycles. The molecule has 0 saturated carbocycles. The number of sulfone groups is 1. The first-order valence-electron chi connectivity index (χ1n) is 9.20. The van der Waals surface area contributed by atoms with Crippen molar-refractivity contribution in [1.82, 2.24) is 4.90 Å². The molecule has 1 aliphatic rings. The zero-order chi connectivity index (χ0) is 21.0. The summed E-state index contributed by atoms with van der Waals surface area (Å²) in [5.74, 6) is 0. The van der Waals surface area contributed by atoms with E-state index in [0.717, 1.165) is 38.1 Å². The third kappa shape index (κ3) is 5.37. The smallest absolute Gasteiger partial charge is 0.310 e. The van der Waals surface area contributed by atoms with E-state index in [0.29, 0.717) is 18.1 Å². The van der Waals surface area contributed by atoms with Crippen LogP contribution in [0.25, 0.3) is 0 Å². The summed E-state index contributed by atoms with van der Waals surface area (Å²) in [6.07, 6.45) is 0.971. The quantitative estimate of drug-likeness (QED) is 0.524. The zero-order valence-electron chi connectivity index (χ0n) is 16.0. The Morgan fingerprint density at radius 2 is 1.83 bits per heavy atom. The van der Waals surface area contributed by atoms with Crippen molar-refractivity contribution in [2.45, 2.75) is 4.90 Å². The van der Waals surface area contributed by atoms with Crippen LogP contribution in [0.4, 0.5) is 17.1 Å². The van der Waals surface area contributed by atoms with Crippen LogP contribution in [0.15, 0.2) is 47.4 Å². The van der Waals surface area contributed by atoms with Gasteiger partial charge in [0.2, 0.25) is 0 Å². The molecule has 0 aliphatic carbocycles. The fraction of sp³-hybridized carbons (Fsp3) is 0.368. The first kappa shape index (κ1) is 21.4. The van der Waals surface area contributed by atoms with Gasteiger partial charge in [0.15, 0.2) is 9.84 Å². The predicted octanol–water partition coefficient (Wildman–Crippen LogP) is 2.89. The molecule has 0 amide bonds. The van der Waals surface area contributed by atoms with Gasteiger partial charge in [-0.3, -0.25) is 15.0 Å². The van der Waals surface area contributed by atoms with E-state index in [1.807, 2.05) is 24.3 Å². The van der Waals surface area contributed by atoms with Gasteiger partial charge >= 0.3 is 5.69 Å². The van der Waals surface area contributed by atoms with Crippen molar-refractivity contribution in [2.75, 3.05) is 55.7 Å². The highest BCUT2D eigenvalue weighted by atomic mass is 35.5. The number of nitrogens with one attached hydrogen (secondary N) is 1. The summed E-state index contributed by atoms with van der Waals surface area (Å²) in [6.45, 7) is 4.63. The SMILES string of the molecule is CS(=O)(=O)c1cccc(NCCN2CCN(c3cccc(Cl)c3)CC2)c1[N+](=O)[O-]. The number of nitrogens with zero attached hydrogens (tertiary/aromatic N) is 3. The van der Waals surface area contributed by atoms with Crippen LogP contribution < -0.4 is 10.2 Å². The van der Waals surface area contributed by atoms with E-state index in [4.69, 9.17) is 11.6 Å². The predicted molar refractivity (Wildman–Crippen MR) is 115 cm³/mol. The molecule has 156 valence electrons. The van der Waals surface area contributed by atoms with Crippen molar-refractivity contribution >= 4 is 38.5 Å². The number of halogens is 1. The maximum atomic E-state index is 11.8. The standard InChI is InChI=1S/C19H23ClN4O4S/c1-29(27,28)18-7-3-6-17(19(18)24(25)26)21-8-9-22-10-12-23(13-11-22)16-5-2-4-15(20)14-16/h2-7,14,21H,8-13H2,1H3. The Labute approximate surface area is 175 Å². The van der Waals surface area contributed by atoms with Crippen LogP contribution in [0, 0.1) is 10.1 Å². The van der Waals surface area contributed by atoms with E-state index >= 15 is 0 Å². The number of nitro groups is 1. The van der Waals surface area contributed by atoms with Crippen molar-refractivity contribution in [3.05, 3.63) is 57.6 Å². The first-order valence-corrected chi connectivity index (χ1v) is 11.5. The number of hydrogen-bond donors (Lipinski definition) is 1. The molecule has 1 N–H and O–H groups in total. The lowest BCUT2D eigenvalue weighted by molar-refractivity contribution is -0.386. The highest BCUT2D eigenvalue weighted by Crippen LogP contribution is 2.31. The van der Waals surface area contributed by atoms with Crippen LogP contribution in [0.5, 0.6) is 0 Å². The second-order valence-electron chi connectivity index (χ2n) is 6.92. The van der Waals surface area contributed by atoms with Gasteiger partial charge in [-0.25, -0.2) is 8.42 Å². The van der Waals surface area contributed by atoms with E-state index in [-0.39, 0.29) is 10.6 Å². The summed E-state index contributed by atoms with van der Waals surface area (Å²) in [5, 5.41) is 15.2. The summed E-state index contributed by atoms with van der Waals surface area (Å²) < 4.78 is 23.7. The Kier molecular flexibility index (Phi) is 6.61. The molecule has 3 rings (SSSR count). The molecule has 29 heavy (non-hydrogen) atoms. The molecule has 10 heteroatoms. The van der Waals surface area contributed by atoms with Crippen LogP contribution in [0.2, 0.25) is 5.02 Å². The third-order valence-corrected chi connectivity index (χ3v) is 6.23. The fourth-order valence-corrected chi connectivity index (χ4v) is 4.45. The summed E-state index contributed by atoms with van der Waals surface area (Å²) in [6, 6.07) is 12.1. The van der Waals surface area contributed by atoms with E-state index in [9.17, 15) is 18.5 Å². The minimum absolute atomic E-state index is 0.218. The number of para-hydroxylation sites is 1. The van der Waals surface area contributed by atoms with Gasteiger partial charge in [-0.05, 0) is 30.3 Å². The molecule has 0 radical (unpaired) electrons. The number of benzene rings is 2. The monoisotopic (exact) mass is 438 g/mol. The van der Waals surface area contributed by atoms with Gasteiger partial charge in [-0.15, -0.1) is 0 Å². The first-order chi connectivity index (χ1) is 13.8. The maximum absolute atomic E-state index is 11.8. The number of piperazine rings is 1. The molecule has 1 fully saturated rings. The lowest BCUT2D eigenvalue weighted by Gasteiger charge is -2.36. The van der Waals surface area contributed by atoms with Crippen molar-refractivity contribution in [2.24, 2.45) is 0 Å². The van der Waals surface area contributed by atoms with E-state index in [2.05, 4.69) is 15.1 Å². The molecule has 1 saturated heterocycles. The molecule has 8 nitrogen and oxygen atoms in total. The number of hydrogen-bond acceptors (Lipinski definition) is 7. The molecular formula is C19H23ClN4O4S. The van der Waals surface area contributed by atoms with Crippen LogP contribution in [-0.4, -0.2) is 63.8 Å². The Morgan fingerprint density at radius 1 is 1.14 bits per heavy atom. The highest BCUT2D eigenvalue weighted by Gasteiger charge is 2.26. The maximum Gasteiger partial charge on any atom is 0.310 e. The molecule has 2 aromatic carbocycles. The van der Waals surface area contributed by atoms with Crippen LogP contribution in [0.1, 0.15) is 0 Å². The van der Waals surface area contributed by atoms with Gasteiger partial charge in [0.25, 0.3) is 0 Å². The van der Waals surface area contributed by atoms with Crippen LogP contribution in [-0.2, 0) is 9.84 Å². The number of nitro benzene ring substituents is 1. The highest BCUT2D eigenvalue weighted by molar-refractivity contribution is 7.90. The molecule has 1 aliphatic heterocycles. The van der Waals surface area contributed by atoms with Gasteiger partial charge in [0, 0.05) is 56.2 Å². The lowest BCUT2D eigenvalue weighted by Crippen LogP contribution is -2.47. The average molecular weight is 439 g/mol. The lowest BCUT2D eigenvalue weighted by atomic mass is 10.2. The van der Waals surface area contributed by atoms with Gasteiger partial charge < -0.3 is 10.2 Å². The Balaban J connectivity index is 1.57. The molecule has 1 heterocycles. The van der Waals surface area contributed by atoms with E-state index in [1.54, 1.807) is 0 Å². The average Bonchev–Trinajstić information content (AvgIpc) is 2.67. The minimum Gasteiger partial charge on any atom is -0.378 e. The molecule has 0 atom stereocenters.